The molecule has 0 aliphatic heterocycles. The molecule has 1 aliphatic rings. The number of rotatable bonds is 1. The van der Waals surface area contributed by atoms with Gasteiger partial charge in [-0.1, -0.05) is 0 Å². The zero-order chi connectivity index (χ0) is 9.36. The van der Waals surface area contributed by atoms with E-state index in [1.165, 1.54) is 0 Å². The van der Waals surface area contributed by atoms with Gasteiger partial charge >= 0.3 is 21.7 Å². The molecule has 0 N–H and O–H groups in total. The maximum absolute atomic E-state index is 4.89. The van der Waals surface area contributed by atoms with E-state index < -0.39 is 0 Å². The van der Waals surface area contributed by atoms with Crippen LogP contribution in [0.2, 0.25) is 0 Å². The fraction of sp³-hybridized carbons (Fsp3) is 0.167. The Morgan fingerprint density at radius 2 is 2.00 bits per heavy atom. The summed E-state index contributed by atoms with van der Waals surface area (Å²) in [5, 5.41) is 0. The monoisotopic (exact) mass is 220 g/mol. The van der Waals surface area contributed by atoms with E-state index >= 15 is 0 Å². The van der Waals surface area contributed by atoms with E-state index in [1.807, 2.05) is 36.4 Å². The average molecular weight is 220 g/mol. The molecule has 14 heavy (non-hydrogen) atoms. The van der Waals surface area contributed by atoms with Gasteiger partial charge in [0.1, 0.15) is 0 Å². The molecule has 2 rings (SSSR count). The second kappa shape index (κ2) is 8.80. The van der Waals surface area contributed by atoms with Crippen LogP contribution < -0.4 is 4.74 Å². The smallest absolute Gasteiger partial charge is 0.522 e. The van der Waals surface area contributed by atoms with Gasteiger partial charge in [0.25, 0.3) is 0 Å². The van der Waals surface area contributed by atoms with Crippen LogP contribution in [0.5, 0.6) is 5.75 Å². The molecule has 1 nitrogen and oxygen atoms in total. The minimum atomic E-state index is 0. The number of hydrogen-bond acceptors (Lipinski definition) is 1. The predicted molar refractivity (Wildman–Crippen MR) is 53.4 cm³/mol. The van der Waals surface area contributed by atoms with E-state index in [1.54, 1.807) is 7.11 Å². The van der Waals surface area contributed by atoms with Gasteiger partial charge in [-0.05, 0) is 0 Å². The van der Waals surface area contributed by atoms with Crippen LogP contribution >= 0.6 is 0 Å². The SMILES string of the molecule is COc1cc[c-]cc1.[C-]1=CC=CC1.[Ti+2]. The first kappa shape index (κ1) is 13.2. The van der Waals surface area contributed by atoms with Gasteiger partial charge in [-0.2, -0.15) is 24.3 Å². The Morgan fingerprint density at radius 3 is 2.29 bits per heavy atom. The minimum Gasteiger partial charge on any atom is -0.522 e. The van der Waals surface area contributed by atoms with Crippen LogP contribution in [0.15, 0.2) is 42.5 Å². The minimum absolute atomic E-state index is 0. The number of ether oxygens (including phenoxy) is 1. The number of methoxy groups -OCH3 is 1. The Balaban J connectivity index is 0.000000246. The molecular formula is C12H12OTi. The third-order valence-corrected chi connectivity index (χ3v) is 1.51. The molecule has 0 saturated carbocycles. The molecule has 0 spiro atoms. The van der Waals surface area contributed by atoms with Crippen molar-refractivity contribution in [1.82, 2.24) is 0 Å². The summed E-state index contributed by atoms with van der Waals surface area (Å²) in [5.74, 6) is 0.878. The molecule has 0 amide bonds. The summed E-state index contributed by atoms with van der Waals surface area (Å²) in [6.45, 7) is 0. The Hall–Kier alpha value is -0.786. The van der Waals surface area contributed by atoms with Crippen LogP contribution in [0.25, 0.3) is 0 Å². The summed E-state index contributed by atoms with van der Waals surface area (Å²) in [4.78, 5) is 0. The van der Waals surface area contributed by atoms with Crippen molar-refractivity contribution in [2.24, 2.45) is 0 Å². The largest absolute Gasteiger partial charge is 2.00 e. The van der Waals surface area contributed by atoms with Crippen LogP contribution in [-0.2, 0) is 21.7 Å². The Morgan fingerprint density at radius 1 is 1.29 bits per heavy atom. The van der Waals surface area contributed by atoms with Gasteiger partial charge in [-0.3, -0.25) is 6.08 Å². The third kappa shape index (κ3) is 5.79. The van der Waals surface area contributed by atoms with Crippen molar-refractivity contribution in [3.05, 3.63) is 54.6 Å². The van der Waals surface area contributed by atoms with Gasteiger partial charge in [0.15, 0.2) is 0 Å². The van der Waals surface area contributed by atoms with Crippen molar-refractivity contribution < 1.29 is 26.5 Å². The Labute approximate surface area is 100 Å². The van der Waals surface area contributed by atoms with E-state index in [-0.39, 0.29) is 21.7 Å². The van der Waals surface area contributed by atoms with Gasteiger partial charge in [0.2, 0.25) is 0 Å². The van der Waals surface area contributed by atoms with Gasteiger partial charge in [-0.25, -0.2) is 12.2 Å². The second-order valence-electron chi connectivity index (χ2n) is 2.44. The average Bonchev–Trinajstić information content (AvgIpc) is 2.77. The molecule has 2 heteroatoms. The molecule has 0 aromatic heterocycles. The summed E-state index contributed by atoms with van der Waals surface area (Å²) in [6.07, 6.45) is 10.0. The maximum Gasteiger partial charge on any atom is 2.00 e. The van der Waals surface area contributed by atoms with Crippen molar-refractivity contribution in [2.75, 3.05) is 7.11 Å². The molecule has 0 fully saturated rings. The molecule has 0 heterocycles. The van der Waals surface area contributed by atoms with Crippen molar-refractivity contribution in [1.29, 1.82) is 0 Å². The first-order chi connectivity index (χ1) is 6.43. The van der Waals surface area contributed by atoms with Crippen LogP contribution in [0.1, 0.15) is 6.42 Å². The van der Waals surface area contributed by atoms with Crippen molar-refractivity contribution in [3.8, 4) is 5.75 Å². The van der Waals surface area contributed by atoms with Crippen LogP contribution in [0.3, 0.4) is 0 Å². The van der Waals surface area contributed by atoms with Crippen LogP contribution in [0.4, 0.5) is 0 Å². The fourth-order valence-corrected chi connectivity index (χ4v) is 0.848. The quantitative estimate of drug-likeness (QED) is 0.522. The topological polar surface area (TPSA) is 9.23 Å². The van der Waals surface area contributed by atoms with Crippen molar-refractivity contribution in [2.45, 2.75) is 6.42 Å². The number of hydrogen-bond donors (Lipinski definition) is 0. The van der Waals surface area contributed by atoms with Gasteiger partial charge in [0, 0.05) is 5.75 Å². The van der Waals surface area contributed by atoms with E-state index in [0.29, 0.717) is 0 Å². The maximum atomic E-state index is 4.89. The molecule has 0 atom stereocenters. The number of allylic oxidation sites excluding steroid dienone is 4. The van der Waals surface area contributed by atoms with Crippen molar-refractivity contribution in [3.63, 3.8) is 0 Å². The normalized spacial score (nSPS) is 11.2. The molecule has 70 valence electrons. The molecule has 0 unspecified atom stereocenters. The predicted octanol–water partition coefficient (Wildman–Crippen LogP) is 2.80. The molecule has 0 bridgehead atoms. The molecular weight excluding hydrogens is 208 g/mol. The Kier molecular flexibility index (Phi) is 8.30. The zero-order valence-electron chi connectivity index (χ0n) is 8.16. The van der Waals surface area contributed by atoms with Gasteiger partial charge in [-0.15, -0.1) is 18.6 Å². The summed E-state index contributed by atoms with van der Waals surface area (Å²) in [6, 6.07) is 10.2. The molecule has 0 saturated heterocycles. The van der Waals surface area contributed by atoms with Gasteiger partial charge < -0.3 is 4.74 Å². The first-order valence-corrected chi connectivity index (χ1v) is 4.15. The van der Waals surface area contributed by atoms with Crippen molar-refractivity contribution >= 4 is 0 Å². The van der Waals surface area contributed by atoms with Gasteiger partial charge in [0.05, 0.1) is 7.11 Å². The number of benzene rings is 1. The summed E-state index contributed by atoms with van der Waals surface area (Å²) in [7, 11) is 1.65. The van der Waals surface area contributed by atoms with E-state index in [9.17, 15) is 0 Å². The molecule has 1 aromatic rings. The van der Waals surface area contributed by atoms with Crippen LogP contribution in [-0.4, -0.2) is 7.11 Å². The standard InChI is InChI=1S/C7H7O.C5H5.Ti/c1-8-7-5-3-2-4-6-7;1-2-4-5-3-1;/h3-6H,1H3;1-3H,4H2;/q2*-1;+2. The van der Waals surface area contributed by atoms with E-state index in [4.69, 9.17) is 4.74 Å². The summed E-state index contributed by atoms with van der Waals surface area (Å²) >= 11 is 0. The van der Waals surface area contributed by atoms with E-state index in [2.05, 4.69) is 18.2 Å². The summed E-state index contributed by atoms with van der Waals surface area (Å²) in [5.41, 5.74) is 0. The zero-order valence-corrected chi connectivity index (χ0v) is 9.72. The Bertz CT molecular complexity index is 268. The fourth-order valence-electron chi connectivity index (χ4n) is 0.848. The van der Waals surface area contributed by atoms with Crippen LogP contribution in [0, 0.1) is 12.1 Å². The second-order valence-corrected chi connectivity index (χ2v) is 2.44. The molecule has 1 aromatic carbocycles. The molecule has 0 radical (unpaired) electrons. The van der Waals surface area contributed by atoms with E-state index in [0.717, 1.165) is 12.2 Å². The summed E-state index contributed by atoms with van der Waals surface area (Å²) < 4.78 is 4.89. The first-order valence-electron chi connectivity index (χ1n) is 4.15. The molecule has 1 aliphatic carbocycles. The third-order valence-electron chi connectivity index (χ3n) is 1.51.